The van der Waals surface area contributed by atoms with Crippen molar-refractivity contribution in [1.82, 2.24) is 10.4 Å². The first-order valence-electron chi connectivity index (χ1n) is 11.7. The lowest BCUT2D eigenvalue weighted by Gasteiger charge is -2.63. The second kappa shape index (κ2) is 10.4. The first kappa shape index (κ1) is 25.5. The highest BCUT2D eigenvalue weighted by Crippen LogP contribution is 2.67. The maximum Gasteiger partial charge on any atom is 0.429 e. The zero-order chi connectivity index (χ0) is 24.9. The zero-order valence-electron chi connectivity index (χ0n) is 20.2. The van der Waals surface area contributed by atoms with Gasteiger partial charge < -0.3 is 15.2 Å². The summed E-state index contributed by atoms with van der Waals surface area (Å²) in [4.78, 5) is 49.7. The van der Waals surface area contributed by atoms with E-state index in [0.29, 0.717) is 6.42 Å². The topological polar surface area (TPSA) is 128 Å². The normalized spacial score (nSPS) is 21.3. The van der Waals surface area contributed by atoms with Gasteiger partial charge in [-0.1, -0.05) is 30.3 Å². The van der Waals surface area contributed by atoms with Crippen LogP contribution in [0, 0.1) is 17.3 Å². The highest BCUT2D eigenvalue weighted by atomic mass is 16.6. The minimum absolute atomic E-state index is 0.00838. The van der Waals surface area contributed by atoms with E-state index in [1.165, 1.54) is 0 Å². The lowest BCUT2D eigenvalue weighted by atomic mass is 9.42. The van der Waals surface area contributed by atoms with Gasteiger partial charge in [-0.05, 0) is 63.4 Å². The Hall–Kier alpha value is -3.10. The number of amides is 3. The Bertz CT molecular complexity index is 894. The second-order valence-electron chi connectivity index (χ2n) is 10.6. The molecule has 0 heterocycles. The van der Waals surface area contributed by atoms with Gasteiger partial charge in [0.05, 0.1) is 18.9 Å². The van der Waals surface area contributed by atoms with Crippen LogP contribution in [0.25, 0.3) is 0 Å². The van der Waals surface area contributed by atoms with E-state index in [1.807, 2.05) is 18.2 Å². The molecule has 9 heteroatoms. The Morgan fingerprint density at radius 3 is 2.32 bits per heavy atom. The largest absolute Gasteiger partial charge is 0.460 e. The second-order valence-corrected chi connectivity index (χ2v) is 10.6. The molecule has 0 aliphatic heterocycles. The highest BCUT2D eigenvalue weighted by molar-refractivity contribution is 5.85. The standard InChI is InChI=1S/C25H35N3O6/c1-24(2,3)34-21(30)11-19(15-25-12-18(13-25)14-25)22(31)27-28(10-9-20(26)29)23(32)33-16-17-7-5-4-6-8-17/h4-8,18-19H,9-16H2,1-3H3,(H2,26,29)(H,27,31)/t18?,19-,25?/m0/s1. The summed E-state index contributed by atoms with van der Waals surface area (Å²) in [6, 6.07) is 9.10. The third-order valence-electron chi connectivity index (χ3n) is 6.30. The molecule has 3 N–H and O–H groups in total. The number of esters is 1. The molecule has 3 aliphatic rings. The van der Waals surface area contributed by atoms with Gasteiger partial charge in [0, 0.05) is 6.42 Å². The van der Waals surface area contributed by atoms with Gasteiger partial charge in [-0.25, -0.2) is 9.80 Å². The van der Waals surface area contributed by atoms with E-state index < -0.39 is 35.4 Å². The molecule has 0 aromatic heterocycles. The van der Waals surface area contributed by atoms with Gasteiger partial charge in [-0.2, -0.15) is 0 Å². The molecule has 9 nitrogen and oxygen atoms in total. The Kier molecular flexibility index (Phi) is 7.84. The van der Waals surface area contributed by atoms with Crippen molar-refractivity contribution in [3.63, 3.8) is 0 Å². The number of benzene rings is 1. The van der Waals surface area contributed by atoms with Gasteiger partial charge >= 0.3 is 12.1 Å². The first-order chi connectivity index (χ1) is 15.9. The Labute approximate surface area is 200 Å². The minimum Gasteiger partial charge on any atom is -0.460 e. The van der Waals surface area contributed by atoms with Crippen LogP contribution in [0.4, 0.5) is 4.79 Å². The molecule has 0 spiro atoms. The third-order valence-corrected chi connectivity index (χ3v) is 6.30. The SMILES string of the molecule is CC(C)(C)OC(=O)C[C@@H](CC12CC(C1)C2)C(=O)NN(CCC(N)=O)C(=O)OCc1ccccc1. The van der Waals surface area contributed by atoms with Crippen LogP contribution >= 0.6 is 0 Å². The number of primary amides is 1. The first-order valence-corrected chi connectivity index (χ1v) is 11.7. The Balaban J connectivity index is 1.65. The number of hydrazine groups is 1. The predicted octanol–water partition coefficient (Wildman–Crippen LogP) is 3.07. The van der Waals surface area contributed by atoms with Crippen molar-refractivity contribution in [2.24, 2.45) is 23.0 Å². The van der Waals surface area contributed by atoms with Crippen LogP contribution in [0.2, 0.25) is 0 Å². The van der Waals surface area contributed by atoms with Gasteiger partial charge in [0.15, 0.2) is 0 Å². The fourth-order valence-corrected chi connectivity index (χ4v) is 4.71. The smallest absolute Gasteiger partial charge is 0.429 e. The van der Waals surface area contributed by atoms with Gasteiger partial charge in [0.1, 0.15) is 12.2 Å². The summed E-state index contributed by atoms with van der Waals surface area (Å²) in [6.45, 7) is 5.19. The maximum absolute atomic E-state index is 13.2. The zero-order valence-corrected chi connectivity index (χ0v) is 20.2. The average molecular weight is 474 g/mol. The van der Waals surface area contributed by atoms with Crippen molar-refractivity contribution in [2.45, 2.75) is 71.5 Å². The van der Waals surface area contributed by atoms with E-state index in [1.54, 1.807) is 32.9 Å². The molecule has 4 rings (SSSR count). The van der Waals surface area contributed by atoms with Gasteiger partial charge in [-0.3, -0.25) is 19.8 Å². The van der Waals surface area contributed by atoms with Gasteiger partial charge in [0.25, 0.3) is 0 Å². The summed E-state index contributed by atoms with van der Waals surface area (Å²) in [6.07, 6.45) is 2.71. The van der Waals surface area contributed by atoms with E-state index >= 15 is 0 Å². The molecule has 186 valence electrons. The molecule has 2 bridgehead atoms. The van der Waals surface area contributed by atoms with Gasteiger partial charge in [-0.15, -0.1) is 0 Å². The number of carbonyl (C=O) groups excluding carboxylic acids is 4. The number of ether oxygens (including phenoxy) is 2. The van der Waals surface area contributed by atoms with Crippen molar-refractivity contribution in [2.75, 3.05) is 6.54 Å². The molecule has 1 aromatic carbocycles. The fraction of sp³-hybridized carbons (Fsp3) is 0.600. The van der Waals surface area contributed by atoms with Crippen molar-refractivity contribution < 1.29 is 28.7 Å². The van der Waals surface area contributed by atoms with Crippen molar-refractivity contribution in [3.05, 3.63) is 35.9 Å². The summed E-state index contributed by atoms with van der Waals surface area (Å²) in [5.74, 6) is -1.49. The molecule has 0 saturated heterocycles. The van der Waals surface area contributed by atoms with Crippen LogP contribution in [0.3, 0.4) is 0 Å². The van der Waals surface area contributed by atoms with E-state index in [-0.39, 0.29) is 31.4 Å². The van der Waals surface area contributed by atoms with Gasteiger partial charge in [0.2, 0.25) is 11.8 Å². The predicted molar refractivity (Wildman–Crippen MR) is 124 cm³/mol. The van der Waals surface area contributed by atoms with Crippen molar-refractivity contribution in [3.8, 4) is 0 Å². The molecule has 0 unspecified atom stereocenters. The lowest BCUT2D eigenvalue weighted by Crippen LogP contribution is -2.55. The summed E-state index contributed by atoms with van der Waals surface area (Å²) in [5.41, 5.74) is 8.03. The number of nitrogens with one attached hydrogen (secondary N) is 1. The van der Waals surface area contributed by atoms with Crippen molar-refractivity contribution in [1.29, 1.82) is 0 Å². The van der Waals surface area contributed by atoms with Crippen LogP contribution in [-0.2, 0) is 30.5 Å². The van der Waals surface area contributed by atoms with Crippen LogP contribution < -0.4 is 11.2 Å². The highest BCUT2D eigenvalue weighted by Gasteiger charge is 2.57. The molecule has 1 aromatic rings. The molecule has 3 amide bonds. The molecular weight excluding hydrogens is 438 g/mol. The number of hydrogen-bond donors (Lipinski definition) is 2. The number of carbonyl (C=O) groups is 4. The molecule has 3 saturated carbocycles. The van der Waals surface area contributed by atoms with E-state index in [9.17, 15) is 19.2 Å². The van der Waals surface area contributed by atoms with Crippen molar-refractivity contribution >= 4 is 23.9 Å². The van der Waals surface area contributed by atoms with Crippen LogP contribution in [-0.4, -0.2) is 41.0 Å². The summed E-state index contributed by atoms with van der Waals surface area (Å²) in [7, 11) is 0. The molecular formula is C25H35N3O6. The summed E-state index contributed by atoms with van der Waals surface area (Å²) >= 11 is 0. The molecule has 1 atom stereocenters. The van der Waals surface area contributed by atoms with E-state index in [4.69, 9.17) is 15.2 Å². The minimum atomic E-state index is -0.806. The summed E-state index contributed by atoms with van der Waals surface area (Å²) < 4.78 is 10.8. The number of nitrogens with zero attached hydrogens (tertiary/aromatic N) is 1. The fourth-order valence-electron chi connectivity index (χ4n) is 4.71. The Morgan fingerprint density at radius 1 is 1.15 bits per heavy atom. The summed E-state index contributed by atoms with van der Waals surface area (Å²) in [5, 5.41) is 0.958. The monoisotopic (exact) mass is 473 g/mol. The molecule has 3 fully saturated rings. The molecule has 0 radical (unpaired) electrons. The third kappa shape index (κ3) is 7.20. The van der Waals surface area contributed by atoms with E-state index in [2.05, 4.69) is 5.43 Å². The van der Waals surface area contributed by atoms with Crippen LogP contribution in [0.5, 0.6) is 0 Å². The molecule has 3 aliphatic carbocycles. The maximum atomic E-state index is 13.2. The van der Waals surface area contributed by atoms with Crippen LogP contribution in [0.1, 0.15) is 64.9 Å². The average Bonchev–Trinajstić information content (AvgIpc) is 2.69. The Morgan fingerprint density at radius 2 is 1.79 bits per heavy atom. The van der Waals surface area contributed by atoms with E-state index in [0.717, 1.165) is 35.8 Å². The van der Waals surface area contributed by atoms with Crippen LogP contribution in [0.15, 0.2) is 30.3 Å². The lowest BCUT2D eigenvalue weighted by molar-refractivity contribution is -0.162. The number of rotatable bonds is 10. The molecule has 34 heavy (non-hydrogen) atoms. The quantitative estimate of drug-likeness (QED) is 0.397. The number of nitrogens with two attached hydrogens (primary N) is 1. The number of hydrogen-bond acceptors (Lipinski definition) is 6.